The van der Waals surface area contributed by atoms with Gasteiger partial charge in [-0.3, -0.25) is 0 Å². The van der Waals surface area contributed by atoms with Gasteiger partial charge in [0, 0.05) is 224 Å². The zero-order chi connectivity index (χ0) is 80.1. The van der Waals surface area contributed by atoms with Gasteiger partial charge in [0.25, 0.3) is 0 Å². The summed E-state index contributed by atoms with van der Waals surface area (Å²) in [6.07, 6.45) is 9.44. The molecule has 0 amide bonds. The van der Waals surface area contributed by atoms with Crippen LogP contribution in [0.2, 0.25) is 98.2 Å². The number of fused-ring (bicyclic) bond motifs is 15. The molecule has 0 bridgehead atoms. The Balaban J connectivity index is 0.000000145. The molecule has 20 rings (SSSR count). The molecule has 0 N–H and O–H groups in total. The zero-order valence-corrected chi connectivity index (χ0v) is 86.4. The molecule has 0 aliphatic heterocycles. The van der Waals surface area contributed by atoms with Crippen molar-refractivity contribution in [2.45, 2.75) is 98.2 Å². The zero-order valence-electron chi connectivity index (χ0n) is 69.4. The molecule has 10 heterocycles. The number of para-hydroxylation sites is 5. The number of furan rings is 5. The van der Waals surface area contributed by atoms with Crippen LogP contribution in [0.3, 0.4) is 0 Å². The topological polar surface area (TPSA) is 130 Å². The number of aromatic nitrogens is 5. The van der Waals surface area contributed by atoms with Crippen molar-refractivity contribution in [3.05, 3.63) is 304 Å². The molecular weight excluding hydrogens is 2450 g/mol. The first-order valence-corrected chi connectivity index (χ1v) is 56.7. The van der Waals surface area contributed by atoms with Gasteiger partial charge in [0.05, 0.1) is 24.2 Å². The Morgan fingerprint density at radius 2 is 0.658 bits per heavy atom. The van der Waals surface area contributed by atoms with E-state index in [1.807, 2.05) is 171 Å². The minimum Gasteiger partial charge on any atom is -0.464 e. The number of nitrogens with zero attached hydrogens (tertiary/aromatic N) is 5. The predicted octanol–water partition coefficient (Wildman–Crippen LogP) is 25.0. The third-order valence-corrected chi connectivity index (χ3v) is 31.0. The van der Waals surface area contributed by atoms with E-state index < -0.39 is 40.4 Å². The van der Waals surface area contributed by atoms with Gasteiger partial charge in [0.1, 0.15) is 55.8 Å². The Bertz CT molecular complexity index is 6830. The summed E-state index contributed by atoms with van der Waals surface area (Å²) in [5, 5.41) is 18.0. The van der Waals surface area contributed by atoms with Gasteiger partial charge < -0.3 is 47.0 Å². The first-order valence-electron chi connectivity index (χ1n) is 39.2. The van der Waals surface area contributed by atoms with E-state index in [4.69, 9.17) is 27.1 Å². The van der Waals surface area contributed by atoms with Gasteiger partial charge in [0.2, 0.25) is 0 Å². The molecule has 20 heteroatoms. The van der Waals surface area contributed by atoms with Crippen LogP contribution in [-0.2, 0) is 101 Å². The molecule has 20 aromatic rings. The van der Waals surface area contributed by atoms with Gasteiger partial charge in [-0.05, 0) is 65.5 Å². The van der Waals surface area contributed by atoms with E-state index in [0.717, 1.165) is 166 Å². The Kier molecular flexibility index (Phi) is 29.1. The van der Waals surface area contributed by atoms with Gasteiger partial charge in [-0.25, -0.2) is 0 Å². The van der Waals surface area contributed by atoms with E-state index in [0.29, 0.717) is 0 Å². The van der Waals surface area contributed by atoms with Crippen LogP contribution in [0.25, 0.3) is 166 Å². The minimum atomic E-state index is -1.55. The summed E-state index contributed by atoms with van der Waals surface area (Å²) >= 11 is 0. The largest absolute Gasteiger partial charge is 0.464 e. The third-order valence-electron chi connectivity index (χ3n) is 21.0. The molecule has 0 fully saturated rings. The Morgan fingerprint density at radius 1 is 0.258 bits per heavy atom. The van der Waals surface area contributed by atoms with E-state index in [1.54, 1.807) is 0 Å². The van der Waals surface area contributed by atoms with Crippen LogP contribution >= 0.6 is 0 Å². The van der Waals surface area contributed by atoms with Crippen molar-refractivity contribution in [2.75, 3.05) is 0 Å². The predicted molar refractivity (Wildman–Crippen MR) is 494 cm³/mol. The fourth-order valence-electron chi connectivity index (χ4n) is 14.8. The second-order valence-corrected chi connectivity index (χ2v) is 59.6. The maximum Gasteiger partial charge on any atom is 0.134 e. The van der Waals surface area contributed by atoms with Crippen LogP contribution in [0.15, 0.2) is 296 Å². The molecule has 10 nitrogen and oxygen atoms in total. The molecule has 5 radical (unpaired) electrons. The van der Waals surface area contributed by atoms with E-state index >= 15 is 0 Å². The molecule has 10 aromatic heterocycles. The smallest absolute Gasteiger partial charge is 0.134 e. The maximum absolute atomic E-state index is 6.25. The van der Waals surface area contributed by atoms with Crippen LogP contribution < -0.4 is 25.9 Å². The first kappa shape index (κ1) is 92.0. The van der Waals surface area contributed by atoms with Crippen molar-refractivity contribution in [3.63, 3.8) is 0 Å². The third kappa shape index (κ3) is 19.2. The number of benzene rings is 10. The number of pyridine rings is 5. The van der Waals surface area contributed by atoms with E-state index in [9.17, 15) is 0 Å². The second-order valence-electron chi connectivity index (χ2n) is 34.3. The molecule has 615 valence electrons. The molecular formula is C100H90Ir5N5O5Si5-5. The van der Waals surface area contributed by atoms with Crippen molar-refractivity contribution < 1.29 is 123 Å². The van der Waals surface area contributed by atoms with Crippen LogP contribution in [0.4, 0.5) is 0 Å². The minimum absolute atomic E-state index is 0. The van der Waals surface area contributed by atoms with Crippen LogP contribution in [0.1, 0.15) is 0 Å². The summed E-state index contributed by atoms with van der Waals surface area (Å²) in [5.41, 5.74) is 18.5. The van der Waals surface area contributed by atoms with Crippen molar-refractivity contribution in [1.82, 2.24) is 24.9 Å². The van der Waals surface area contributed by atoms with Crippen molar-refractivity contribution in [2.24, 2.45) is 0 Å². The molecule has 0 unspecified atom stereocenters. The average Bonchev–Trinajstić information content (AvgIpc) is 1.59. The van der Waals surface area contributed by atoms with Gasteiger partial charge in [0.15, 0.2) is 0 Å². The van der Waals surface area contributed by atoms with Crippen molar-refractivity contribution >= 4 is 176 Å². The Hall–Kier alpha value is -8.72. The van der Waals surface area contributed by atoms with Gasteiger partial charge in [-0.15, -0.1) is 176 Å². The average molecular weight is 2540 g/mol. The van der Waals surface area contributed by atoms with Gasteiger partial charge >= 0.3 is 0 Å². The molecule has 0 saturated carbocycles. The molecule has 0 aliphatic rings. The summed E-state index contributed by atoms with van der Waals surface area (Å²) < 4.78 is 30.6. The summed E-state index contributed by atoms with van der Waals surface area (Å²) in [4.78, 5) is 23.2. The van der Waals surface area contributed by atoms with Crippen LogP contribution in [-0.4, -0.2) is 65.3 Å². The Morgan fingerprint density at radius 3 is 1.11 bits per heavy atom. The molecule has 120 heavy (non-hydrogen) atoms. The summed E-state index contributed by atoms with van der Waals surface area (Å²) in [7, 11) is -7.15. The van der Waals surface area contributed by atoms with Crippen LogP contribution in [0.5, 0.6) is 0 Å². The fraction of sp³-hybridized carbons (Fsp3) is 0.150. The summed E-state index contributed by atoms with van der Waals surface area (Å²) in [6.45, 7) is 35.1. The van der Waals surface area contributed by atoms with Gasteiger partial charge in [-0.2, -0.15) is 0 Å². The second kappa shape index (κ2) is 38.0. The van der Waals surface area contributed by atoms with E-state index in [2.05, 4.69) is 252 Å². The molecule has 0 spiro atoms. The fourth-order valence-corrected chi connectivity index (χ4v) is 21.0. The van der Waals surface area contributed by atoms with Crippen molar-refractivity contribution in [3.8, 4) is 56.3 Å². The van der Waals surface area contributed by atoms with E-state index in [1.165, 1.54) is 25.9 Å². The standard InChI is InChI=1S/5C20H18NOSi.5Ir/c1-23(2,3)18-11-7-5-9-16(18)19-20-15(12-13-21-19)14-8-4-6-10-17(14)22-20;2*1-23(2,3)15-8-6-7-14(13-15)19-20-17(11-12-21-19)16-9-4-5-10-18(16)22-20;1-23(2,3)17-13-21-19(14-9-5-4-6-10-14)18-15-11-7-8-12-16(15)22-20(17)18;1-23(2,3)15-10-8-14(9-11-15)19-20-17(12-13-21-19)16-6-4-5-7-18(16)22-20;;;;;/h4-8,10-13H,1-3H3;4-6,8-13H,1-3H3;4-12H,1-3H3;4-9,11-13H,1-3H3;4-8,10-13H,1-3H3;;;;;/q5*-1;;;;;. The monoisotopic (exact) mass is 2550 g/mol. The first-order chi connectivity index (χ1) is 55.2. The number of rotatable bonds is 10. The summed E-state index contributed by atoms with van der Waals surface area (Å²) in [5.74, 6) is 0. The molecule has 10 aromatic carbocycles. The van der Waals surface area contributed by atoms with Crippen molar-refractivity contribution in [1.29, 1.82) is 0 Å². The Labute approximate surface area is 774 Å². The molecule has 0 aliphatic carbocycles. The number of hydrogen-bond donors (Lipinski definition) is 0. The van der Waals surface area contributed by atoms with E-state index in [-0.39, 0.29) is 101 Å². The summed E-state index contributed by atoms with van der Waals surface area (Å²) in [6, 6.07) is 99.2. The quantitative estimate of drug-likeness (QED) is 0.0963. The maximum atomic E-state index is 6.25. The van der Waals surface area contributed by atoms with Gasteiger partial charge in [-0.1, -0.05) is 189 Å². The number of hydrogen-bond acceptors (Lipinski definition) is 10. The van der Waals surface area contributed by atoms with Crippen LogP contribution in [0, 0.1) is 30.3 Å². The normalized spacial score (nSPS) is 11.6. The SMILES string of the molecule is C[Si](C)(C)c1[c-]c(-c2nccc3c2oc2ccccc23)ccc1.C[Si](C)(C)c1c[c-]c(-c2nccc3c2oc2ccccc23)cc1.C[Si](C)(C)c1cc[c-]c(-c2nccc3c2oc2ccccc23)c1.C[Si](C)(C)c1ccc[c-]c1-c1nccc2c1oc1ccccc12.C[Si](C)(C)c1cnc(-c2[c-]cccc2)c2c1oc1ccccc12.[Ir].[Ir].[Ir].[Ir].[Ir]. The molecule has 0 saturated heterocycles. The molecule has 0 atom stereocenters.